The molecule has 0 radical (unpaired) electrons. The lowest BCUT2D eigenvalue weighted by Crippen LogP contribution is -2.42. The van der Waals surface area contributed by atoms with Crippen molar-refractivity contribution in [2.75, 3.05) is 0 Å². The van der Waals surface area contributed by atoms with Gasteiger partial charge >= 0.3 is 0 Å². The molecular weight excluding hydrogens is 240 g/mol. The van der Waals surface area contributed by atoms with Gasteiger partial charge in [-0.05, 0) is 30.2 Å². The average Bonchev–Trinajstić information content (AvgIpc) is 2.72. The molecule has 17 heavy (non-hydrogen) atoms. The SMILES string of the molecule is O=C1c2ccc(Cl)cc2CN2/C(=N/O)CCC12. The number of Topliss-reactive ketones (excluding diaryl/α,β-unsaturated/α-hetero) is 1. The van der Waals surface area contributed by atoms with Crippen LogP contribution in [0.5, 0.6) is 0 Å². The number of rotatable bonds is 0. The number of carbonyl (C=O) groups excluding carboxylic acids is 1. The van der Waals surface area contributed by atoms with Crippen molar-refractivity contribution < 1.29 is 10.0 Å². The molecule has 1 saturated heterocycles. The minimum atomic E-state index is -0.172. The number of nitrogens with zero attached hydrogens (tertiary/aromatic N) is 2. The molecule has 1 fully saturated rings. The van der Waals surface area contributed by atoms with Crippen LogP contribution in [0.4, 0.5) is 0 Å². The first kappa shape index (κ1) is 10.6. The monoisotopic (exact) mass is 250 g/mol. The summed E-state index contributed by atoms with van der Waals surface area (Å²) in [4.78, 5) is 14.1. The molecule has 88 valence electrons. The number of benzene rings is 1. The van der Waals surface area contributed by atoms with Crippen molar-refractivity contribution in [1.29, 1.82) is 0 Å². The molecule has 1 atom stereocenters. The van der Waals surface area contributed by atoms with Crippen LogP contribution < -0.4 is 0 Å². The summed E-state index contributed by atoms with van der Waals surface area (Å²) in [6.07, 6.45) is 1.37. The van der Waals surface area contributed by atoms with Crippen molar-refractivity contribution in [2.45, 2.75) is 25.4 Å². The van der Waals surface area contributed by atoms with Crippen LogP contribution in [0, 0.1) is 0 Å². The molecule has 2 heterocycles. The number of hydrogen-bond acceptors (Lipinski definition) is 3. The van der Waals surface area contributed by atoms with Gasteiger partial charge < -0.3 is 10.1 Å². The van der Waals surface area contributed by atoms with Crippen LogP contribution in [-0.4, -0.2) is 27.8 Å². The molecule has 0 spiro atoms. The van der Waals surface area contributed by atoms with E-state index in [0.717, 1.165) is 17.5 Å². The maximum atomic E-state index is 12.2. The number of carbonyl (C=O) groups is 1. The summed E-state index contributed by atoms with van der Waals surface area (Å²) in [5.74, 6) is 0.690. The first-order chi connectivity index (χ1) is 8.20. The lowest BCUT2D eigenvalue weighted by Gasteiger charge is -2.31. The van der Waals surface area contributed by atoms with E-state index in [9.17, 15) is 4.79 Å². The molecule has 2 aliphatic rings. The average molecular weight is 251 g/mol. The lowest BCUT2D eigenvalue weighted by atomic mass is 9.93. The van der Waals surface area contributed by atoms with Crippen LogP contribution >= 0.6 is 11.6 Å². The Bertz CT molecular complexity index is 527. The van der Waals surface area contributed by atoms with E-state index in [1.54, 1.807) is 18.2 Å². The van der Waals surface area contributed by atoms with Crippen LogP contribution in [0.3, 0.4) is 0 Å². The molecule has 0 bridgehead atoms. The fourth-order valence-corrected chi connectivity index (χ4v) is 2.82. The number of ketones is 1. The Morgan fingerprint density at radius 2 is 2.29 bits per heavy atom. The highest BCUT2D eigenvalue weighted by atomic mass is 35.5. The molecule has 2 aliphatic heterocycles. The van der Waals surface area contributed by atoms with Crippen LogP contribution in [0.1, 0.15) is 28.8 Å². The summed E-state index contributed by atoms with van der Waals surface area (Å²) in [6, 6.07) is 5.16. The Hall–Kier alpha value is -1.55. The fourth-order valence-electron chi connectivity index (χ4n) is 2.62. The van der Waals surface area contributed by atoms with E-state index in [-0.39, 0.29) is 11.8 Å². The first-order valence-electron chi connectivity index (χ1n) is 5.51. The molecule has 0 saturated carbocycles. The van der Waals surface area contributed by atoms with Gasteiger partial charge in [-0.3, -0.25) is 4.79 Å². The van der Waals surface area contributed by atoms with Gasteiger partial charge in [-0.15, -0.1) is 0 Å². The van der Waals surface area contributed by atoms with Gasteiger partial charge in [0.1, 0.15) is 5.84 Å². The van der Waals surface area contributed by atoms with Crippen molar-refractivity contribution in [1.82, 2.24) is 4.90 Å². The molecule has 4 nitrogen and oxygen atoms in total. The molecule has 0 aromatic heterocycles. The summed E-state index contributed by atoms with van der Waals surface area (Å²) in [5, 5.41) is 12.8. The van der Waals surface area contributed by atoms with Crippen molar-refractivity contribution in [3.8, 4) is 0 Å². The predicted octanol–water partition coefficient (Wildman–Crippen LogP) is 2.29. The standard InChI is InChI=1S/C12H11ClN2O2/c13-8-1-2-9-7(5-8)6-15-10(12(9)16)3-4-11(15)14-17/h1-2,5,10,17H,3-4,6H2/b14-11+. The van der Waals surface area contributed by atoms with Crippen molar-refractivity contribution in [3.63, 3.8) is 0 Å². The van der Waals surface area contributed by atoms with Crippen LogP contribution in [-0.2, 0) is 6.54 Å². The van der Waals surface area contributed by atoms with E-state index in [2.05, 4.69) is 5.16 Å². The van der Waals surface area contributed by atoms with Crippen LogP contribution in [0.25, 0.3) is 0 Å². The van der Waals surface area contributed by atoms with Crippen LogP contribution in [0.2, 0.25) is 5.02 Å². The second kappa shape index (κ2) is 3.74. The van der Waals surface area contributed by atoms with Gasteiger partial charge in [-0.1, -0.05) is 16.8 Å². The molecule has 5 heteroatoms. The van der Waals surface area contributed by atoms with E-state index in [4.69, 9.17) is 16.8 Å². The molecule has 1 N–H and O–H groups in total. The molecular formula is C12H11ClN2O2. The van der Waals surface area contributed by atoms with Crippen LogP contribution in [0.15, 0.2) is 23.4 Å². The van der Waals surface area contributed by atoms with Gasteiger partial charge in [0.25, 0.3) is 0 Å². The minimum Gasteiger partial charge on any atom is -0.409 e. The van der Waals surface area contributed by atoms with E-state index in [1.165, 1.54) is 0 Å². The summed E-state index contributed by atoms with van der Waals surface area (Å²) in [6.45, 7) is 0.589. The molecule has 0 aliphatic carbocycles. The third kappa shape index (κ3) is 1.52. The van der Waals surface area contributed by atoms with E-state index >= 15 is 0 Å². The van der Waals surface area contributed by atoms with E-state index < -0.39 is 0 Å². The van der Waals surface area contributed by atoms with Gasteiger partial charge in [0.15, 0.2) is 5.78 Å². The Morgan fingerprint density at radius 3 is 3.06 bits per heavy atom. The minimum absolute atomic E-state index is 0.0987. The molecule has 0 amide bonds. The van der Waals surface area contributed by atoms with Crippen molar-refractivity contribution >= 4 is 23.2 Å². The van der Waals surface area contributed by atoms with Gasteiger partial charge in [0, 0.05) is 23.6 Å². The molecule has 1 unspecified atom stereocenters. The van der Waals surface area contributed by atoms with Gasteiger partial charge in [0.05, 0.1) is 6.04 Å². The quantitative estimate of drug-likeness (QED) is 0.568. The largest absolute Gasteiger partial charge is 0.409 e. The Balaban J connectivity index is 2.08. The molecule has 1 aromatic rings. The first-order valence-corrected chi connectivity index (χ1v) is 5.88. The third-order valence-electron chi connectivity index (χ3n) is 3.44. The number of hydrogen-bond donors (Lipinski definition) is 1. The topological polar surface area (TPSA) is 52.9 Å². The highest BCUT2D eigenvalue weighted by Crippen LogP contribution is 2.32. The normalized spacial score (nSPS) is 25.0. The number of amidine groups is 1. The fraction of sp³-hybridized carbons (Fsp3) is 0.333. The van der Waals surface area contributed by atoms with E-state index in [0.29, 0.717) is 23.8 Å². The highest BCUT2D eigenvalue weighted by molar-refractivity contribution is 6.30. The van der Waals surface area contributed by atoms with Gasteiger partial charge in [-0.25, -0.2) is 0 Å². The zero-order valence-corrected chi connectivity index (χ0v) is 9.81. The smallest absolute Gasteiger partial charge is 0.185 e. The Kier molecular flexibility index (Phi) is 2.33. The van der Waals surface area contributed by atoms with E-state index in [1.807, 2.05) is 4.90 Å². The zero-order chi connectivity index (χ0) is 12.0. The number of fused-ring (bicyclic) bond motifs is 2. The van der Waals surface area contributed by atoms with Gasteiger partial charge in [0.2, 0.25) is 0 Å². The molecule has 3 rings (SSSR count). The summed E-state index contributed by atoms with van der Waals surface area (Å²) in [5.41, 5.74) is 1.65. The Morgan fingerprint density at radius 1 is 1.47 bits per heavy atom. The summed E-state index contributed by atoms with van der Waals surface area (Å²) in [7, 11) is 0. The third-order valence-corrected chi connectivity index (χ3v) is 3.68. The zero-order valence-electron chi connectivity index (χ0n) is 9.06. The summed E-state index contributed by atoms with van der Waals surface area (Å²) < 4.78 is 0. The van der Waals surface area contributed by atoms with Crippen molar-refractivity contribution in [3.05, 3.63) is 34.3 Å². The summed E-state index contributed by atoms with van der Waals surface area (Å²) >= 11 is 5.93. The second-order valence-corrected chi connectivity index (χ2v) is 4.80. The second-order valence-electron chi connectivity index (χ2n) is 4.36. The predicted molar refractivity (Wildman–Crippen MR) is 63.6 cm³/mol. The number of oxime groups is 1. The molecule has 1 aromatic carbocycles. The maximum Gasteiger partial charge on any atom is 0.185 e. The maximum absolute atomic E-state index is 12.2. The lowest BCUT2D eigenvalue weighted by molar-refractivity contribution is 0.0872. The number of halogens is 1. The Labute approximate surface area is 103 Å². The van der Waals surface area contributed by atoms with Crippen molar-refractivity contribution in [2.24, 2.45) is 5.16 Å². The highest BCUT2D eigenvalue weighted by Gasteiger charge is 2.39. The van der Waals surface area contributed by atoms with Gasteiger partial charge in [-0.2, -0.15) is 0 Å².